The number of thiophene rings is 1. The second kappa shape index (κ2) is 7.43. The van der Waals surface area contributed by atoms with Crippen molar-refractivity contribution in [1.82, 2.24) is 0 Å². The molecular weight excluding hydrogens is 466 g/mol. The van der Waals surface area contributed by atoms with Gasteiger partial charge in [0.05, 0.1) is 17.0 Å². The summed E-state index contributed by atoms with van der Waals surface area (Å²) < 4.78 is 0. The van der Waals surface area contributed by atoms with Gasteiger partial charge in [0.2, 0.25) is 17.7 Å². The van der Waals surface area contributed by atoms with E-state index in [4.69, 9.17) is 17.3 Å². The third kappa shape index (κ3) is 2.96. The van der Waals surface area contributed by atoms with Gasteiger partial charge in [-0.05, 0) is 17.7 Å². The first kappa shape index (κ1) is 21.2. The summed E-state index contributed by atoms with van der Waals surface area (Å²) in [5, 5.41) is 13.1. The molecule has 1 spiro atoms. The predicted octanol–water partition coefficient (Wildman–Crippen LogP) is 3.23. The molecule has 3 heterocycles. The number of carbonyl (C=O) groups is 4. The lowest BCUT2D eigenvalue weighted by molar-refractivity contribution is -0.127. The molecule has 3 amide bonds. The number of carboxylic acids is 1. The van der Waals surface area contributed by atoms with E-state index >= 15 is 0 Å². The van der Waals surface area contributed by atoms with E-state index in [1.165, 1.54) is 4.90 Å². The summed E-state index contributed by atoms with van der Waals surface area (Å²) in [7, 11) is 0. The van der Waals surface area contributed by atoms with Crippen molar-refractivity contribution in [2.24, 2.45) is 5.73 Å². The van der Waals surface area contributed by atoms with Crippen LogP contribution in [0.1, 0.15) is 26.5 Å². The van der Waals surface area contributed by atoms with Gasteiger partial charge in [-0.2, -0.15) is 0 Å². The van der Waals surface area contributed by atoms with E-state index in [2.05, 4.69) is 5.32 Å². The predicted molar refractivity (Wildman–Crippen MR) is 124 cm³/mol. The van der Waals surface area contributed by atoms with Gasteiger partial charge in [0.25, 0.3) is 0 Å². The van der Waals surface area contributed by atoms with Gasteiger partial charge < -0.3 is 21.1 Å². The molecule has 3 aromatic rings. The van der Waals surface area contributed by atoms with Crippen LogP contribution in [0.3, 0.4) is 0 Å². The Labute approximate surface area is 196 Å². The van der Waals surface area contributed by atoms with Crippen LogP contribution in [0.2, 0.25) is 5.02 Å². The first-order valence-electron chi connectivity index (χ1n) is 9.90. The van der Waals surface area contributed by atoms with Crippen molar-refractivity contribution in [3.8, 4) is 11.1 Å². The topological polar surface area (TPSA) is 130 Å². The number of primary amides is 1. The van der Waals surface area contributed by atoms with E-state index in [0.717, 1.165) is 11.3 Å². The number of nitrogens with zero attached hydrogens (tertiary/aromatic N) is 1. The first-order valence-corrected chi connectivity index (χ1v) is 11.1. The number of rotatable bonds is 4. The number of carbonyl (C=O) groups excluding carboxylic acids is 3. The van der Waals surface area contributed by atoms with Crippen LogP contribution < -0.4 is 16.0 Å². The third-order valence-corrected chi connectivity index (χ3v) is 7.57. The van der Waals surface area contributed by atoms with Crippen LogP contribution in [0, 0.1) is 0 Å². The standard InChI is InChI=1S/C23H16ClN3O5S/c24-13-7-3-1-5-11(13)17-18-20(33-19(17)21(30)31)23(9-16(29)26-18)12-6-2-4-8-14(12)27(22(23)32)10-15(25)28/h1-8H,9-10H2,(H2,25,28)(H,26,29)(H,30,31). The van der Waals surface area contributed by atoms with Crippen LogP contribution in [-0.4, -0.2) is 35.3 Å². The van der Waals surface area contributed by atoms with Gasteiger partial charge in [-0.1, -0.05) is 48.0 Å². The molecule has 0 saturated carbocycles. The van der Waals surface area contributed by atoms with Gasteiger partial charge >= 0.3 is 5.97 Å². The average Bonchev–Trinajstić information content (AvgIpc) is 3.25. The van der Waals surface area contributed by atoms with E-state index in [9.17, 15) is 24.3 Å². The fourth-order valence-corrected chi connectivity index (χ4v) is 6.19. The van der Waals surface area contributed by atoms with Crippen molar-refractivity contribution in [3.63, 3.8) is 0 Å². The molecule has 166 valence electrons. The molecule has 1 aromatic heterocycles. The number of nitrogens with one attached hydrogen (secondary N) is 1. The number of fused-ring (bicyclic) bond motifs is 4. The minimum atomic E-state index is -1.47. The van der Waals surface area contributed by atoms with E-state index < -0.39 is 29.1 Å². The van der Waals surface area contributed by atoms with Gasteiger partial charge in [0.15, 0.2) is 0 Å². The summed E-state index contributed by atoms with van der Waals surface area (Å²) in [4.78, 5) is 52.4. The molecule has 33 heavy (non-hydrogen) atoms. The van der Waals surface area contributed by atoms with E-state index in [0.29, 0.717) is 26.7 Å². The van der Waals surface area contributed by atoms with Gasteiger partial charge in [0.1, 0.15) is 16.8 Å². The van der Waals surface area contributed by atoms with Crippen LogP contribution >= 0.6 is 22.9 Å². The van der Waals surface area contributed by atoms with Crippen molar-refractivity contribution in [3.05, 3.63) is 68.9 Å². The number of anilines is 2. The van der Waals surface area contributed by atoms with Crippen LogP contribution in [0.15, 0.2) is 48.5 Å². The maximum absolute atomic E-state index is 13.8. The average molecular weight is 482 g/mol. The summed E-state index contributed by atoms with van der Waals surface area (Å²) in [6, 6.07) is 13.5. The van der Waals surface area contributed by atoms with E-state index in [1.54, 1.807) is 48.5 Å². The fraction of sp³-hybridized carbons (Fsp3) is 0.130. The third-order valence-electron chi connectivity index (χ3n) is 5.90. The monoisotopic (exact) mass is 481 g/mol. The summed E-state index contributed by atoms with van der Waals surface area (Å²) in [6.07, 6.45) is -0.230. The molecule has 0 aliphatic carbocycles. The van der Waals surface area contributed by atoms with Crippen molar-refractivity contribution >= 4 is 58.0 Å². The molecule has 2 aliphatic rings. The van der Waals surface area contributed by atoms with Crippen molar-refractivity contribution < 1.29 is 24.3 Å². The molecule has 10 heteroatoms. The Balaban J connectivity index is 1.85. The second-order valence-corrected chi connectivity index (χ2v) is 9.23. The molecule has 2 aliphatic heterocycles. The Kier molecular flexibility index (Phi) is 4.77. The zero-order valence-corrected chi connectivity index (χ0v) is 18.5. The van der Waals surface area contributed by atoms with E-state index in [1.807, 2.05) is 0 Å². The van der Waals surface area contributed by atoms with Crippen molar-refractivity contribution in [1.29, 1.82) is 0 Å². The molecule has 2 aromatic carbocycles. The molecule has 0 fully saturated rings. The zero-order chi connectivity index (χ0) is 23.5. The number of hydrogen-bond acceptors (Lipinski definition) is 5. The van der Waals surface area contributed by atoms with Crippen LogP contribution in [0.4, 0.5) is 11.4 Å². The molecule has 8 nitrogen and oxygen atoms in total. The summed E-state index contributed by atoms with van der Waals surface area (Å²) in [5.74, 6) is -2.86. The maximum atomic E-state index is 13.8. The van der Waals surface area contributed by atoms with Crippen molar-refractivity contribution in [2.75, 3.05) is 16.8 Å². The van der Waals surface area contributed by atoms with Gasteiger partial charge in [0, 0.05) is 21.8 Å². The number of benzene rings is 2. The molecule has 4 N–H and O–H groups in total. The quantitative estimate of drug-likeness (QED) is 0.526. The highest BCUT2D eigenvalue weighted by Crippen LogP contribution is 2.57. The summed E-state index contributed by atoms with van der Waals surface area (Å²) in [5.41, 5.74) is 5.83. The van der Waals surface area contributed by atoms with Gasteiger partial charge in [-0.15, -0.1) is 11.3 Å². The molecule has 5 rings (SSSR count). The lowest BCUT2D eigenvalue weighted by Crippen LogP contribution is -2.47. The van der Waals surface area contributed by atoms with Gasteiger partial charge in [-0.3, -0.25) is 14.4 Å². The number of carboxylic acid groups (broad SMARTS) is 1. The van der Waals surface area contributed by atoms with Crippen LogP contribution in [-0.2, 0) is 19.8 Å². The van der Waals surface area contributed by atoms with E-state index in [-0.39, 0.29) is 29.1 Å². The zero-order valence-electron chi connectivity index (χ0n) is 16.9. The number of hydrogen-bond donors (Lipinski definition) is 3. The highest BCUT2D eigenvalue weighted by Gasteiger charge is 2.58. The summed E-state index contributed by atoms with van der Waals surface area (Å²) >= 11 is 7.31. The Hall–Kier alpha value is -3.69. The SMILES string of the molecule is NC(=O)CN1C(=O)C2(CC(=O)Nc3c2sc(C(=O)O)c3-c2ccccc2Cl)c2ccccc21. The summed E-state index contributed by atoms with van der Waals surface area (Å²) in [6.45, 7) is -0.358. The Morgan fingerprint density at radius 2 is 1.85 bits per heavy atom. The van der Waals surface area contributed by atoms with Crippen LogP contribution in [0.25, 0.3) is 11.1 Å². The Morgan fingerprint density at radius 3 is 2.55 bits per heavy atom. The largest absolute Gasteiger partial charge is 0.477 e. The Bertz CT molecular complexity index is 1380. The molecule has 1 atom stereocenters. The lowest BCUT2D eigenvalue weighted by atomic mass is 9.74. The molecule has 1 unspecified atom stereocenters. The van der Waals surface area contributed by atoms with Crippen LogP contribution in [0.5, 0.6) is 0 Å². The minimum Gasteiger partial charge on any atom is -0.477 e. The number of halogens is 1. The second-order valence-electron chi connectivity index (χ2n) is 7.80. The van der Waals surface area contributed by atoms with Crippen molar-refractivity contribution in [2.45, 2.75) is 11.8 Å². The fourth-order valence-electron chi connectivity index (χ4n) is 4.66. The number of para-hydroxylation sites is 1. The first-order chi connectivity index (χ1) is 15.8. The highest BCUT2D eigenvalue weighted by molar-refractivity contribution is 7.15. The highest BCUT2D eigenvalue weighted by atomic mass is 35.5. The molecule has 0 saturated heterocycles. The minimum absolute atomic E-state index is 0.0479. The smallest absolute Gasteiger partial charge is 0.346 e. The molecule has 0 radical (unpaired) electrons. The molecular formula is C23H16ClN3O5S. The number of nitrogens with two attached hydrogens (primary N) is 1. The Morgan fingerprint density at radius 1 is 1.15 bits per heavy atom. The van der Waals surface area contributed by atoms with Gasteiger partial charge in [-0.25, -0.2) is 4.79 Å². The number of amides is 3. The molecule has 0 bridgehead atoms. The lowest BCUT2D eigenvalue weighted by Gasteiger charge is -2.32. The number of aromatic carboxylic acids is 1. The normalized spacial score (nSPS) is 18.8. The maximum Gasteiger partial charge on any atom is 0.346 e.